The first-order valence-electron chi connectivity index (χ1n) is 7.52. The normalized spacial score (nSPS) is 11.0. The van der Waals surface area contributed by atoms with Crippen molar-refractivity contribution in [1.29, 1.82) is 0 Å². The van der Waals surface area contributed by atoms with Crippen LogP contribution in [0.5, 0.6) is 0 Å². The number of rotatable bonds is 5. The Morgan fingerprint density at radius 2 is 1.76 bits per heavy atom. The molecule has 124 valence electrons. The fourth-order valence-corrected chi connectivity index (χ4v) is 2.50. The molecule has 0 unspecified atom stereocenters. The Labute approximate surface area is 141 Å². The number of nitro groups is 1. The number of fused-ring (bicyclic) bond motifs is 1. The molecule has 0 saturated carbocycles. The second-order valence-corrected chi connectivity index (χ2v) is 5.43. The van der Waals surface area contributed by atoms with Crippen molar-refractivity contribution in [2.24, 2.45) is 0 Å². The Bertz CT molecular complexity index is 1040. The number of hydrogen-bond acceptors (Lipinski definition) is 7. The van der Waals surface area contributed by atoms with E-state index in [1.807, 2.05) is 24.3 Å². The minimum atomic E-state index is -0.434. The molecule has 4 aromatic rings. The van der Waals surface area contributed by atoms with E-state index in [1.54, 1.807) is 16.8 Å². The minimum absolute atomic E-state index is 0.0491. The van der Waals surface area contributed by atoms with Crippen molar-refractivity contribution in [2.75, 3.05) is 0 Å². The molecular formula is C16H12N6O3. The topological polar surface area (TPSA) is 113 Å². The number of nitrogens with zero attached hydrogens (tertiary/aromatic N) is 6. The summed E-state index contributed by atoms with van der Waals surface area (Å²) in [6.07, 6.45) is 0.406. The first-order chi connectivity index (χ1) is 12.2. The summed E-state index contributed by atoms with van der Waals surface area (Å²) < 4.78 is 7.34. The number of non-ortho nitro benzene ring substituents is 1. The van der Waals surface area contributed by atoms with Crippen LogP contribution in [-0.4, -0.2) is 30.1 Å². The number of aromatic nitrogens is 5. The molecule has 0 fully saturated rings. The molecule has 2 heterocycles. The van der Waals surface area contributed by atoms with Crippen LogP contribution in [0.4, 0.5) is 5.69 Å². The van der Waals surface area contributed by atoms with Gasteiger partial charge in [0.15, 0.2) is 0 Å². The average Bonchev–Trinajstić information content (AvgIpc) is 3.23. The van der Waals surface area contributed by atoms with Gasteiger partial charge in [-0.05, 0) is 17.7 Å². The average molecular weight is 336 g/mol. The van der Waals surface area contributed by atoms with E-state index in [0.29, 0.717) is 24.7 Å². The molecule has 0 spiro atoms. The first-order valence-corrected chi connectivity index (χ1v) is 7.52. The molecule has 0 aliphatic carbocycles. The van der Waals surface area contributed by atoms with Crippen molar-refractivity contribution in [3.05, 3.63) is 76.0 Å². The van der Waals surface area contributed by atoms with E-state index in [0.717, 1.165) is 16.6 Å². The molecule has 0 radical (unpaired) electrons. The highest BCUT2D eigenvalue weighted by molar-refractivity contribution is 5.73. The molecule has 9 nitrogen and oxygen atoms in total. The van der Waals surface area contributed by atoms with E-state index in [1.165, 1.54) is 12.1 Å². The zero-order valence-corrected chi connectivity index (χ0v) is 12.9. The van der Waals surface area contributed by atoms with Crippen molar-refractivity contribution in [3.8, 4) is 0 Å². The Morgan fingerprint density at radius 1 is 1.00 bits per heavy atom. The number of benzene rings is 2. The third-order valence-electron chi connectivity index (χ3n) is 3.72. The van der Waals surface area contributed by atoms with Gasteiger partial charge in [0.25, 0.3) is 5.69 Å². The summed E-state index contributed by atoms with van der Waals surface area (Å²) in [4.78, 5) is 10.2. The van der Waals surface area contributed by atoms with Gasteiger partial charge < -0.3 is 4.42 Å². The van der Waals surface area contributed by atoms with E-state index in [4.69, 9.17) is 4.42 Å². The van der Waals surface area contributed by atoms with Gasteiger partial charge in [-0.25, -0.2) is 4.68 Å². The van der Waals surface area contributed by atoms with Gasteiger partial charge in [0.05, 0.1) is 16.9 Å². The largest absolute Gasteiger partial charge is 0.423 e. The zero-order chi connectivity index (χ0) is 17.2. The highest BCUT2D eigenvalue weighted by Crippen LogP contribution is 2.16. The number of hydrogen-bond donors (Lipinski definition) is 0. The van der Waals surface area contributed by atoms with E-state index in [9.17, 15) is 10.1 Å². The van der Waals surface area contributed by atoms with Crippen molar-refractivity contribution in [1.82, 2.24) is 25.2 Å². The zero-order valence-electron chi connectivity index (χ0n) is 12.9. The van der Waals surface area contributed by atoms with E-state index < -0.39 is 4.92 Å². The maximum atomic E-state index is 10.7. The smallest absolute Gasteiger partial charge is 0.269 e. The first kappa shape index (κ1) is 14.9. The second kappa shape index (κ2) is 6.11. The molecule has 0 atom stereocenters. The van der Waals surface area contributed by atoms with Gasteiger partial charge in [0.2, 0.25) is 11.8 Å². The molecule has 9 heteroatoms. The lowest BCUT2D eigenvalue weighted by atomic mass is 10.1. The van der Waals surface area contributed by atoms with Crippen LogP contribution in [0.25, 0.3) is 11.0 Å². The lowest BCUT2D eigenvalue weighted by Crippen LogP contribution is -2.02. The third-order valence-corrected chi connectivity index (χ3v) is 3.72. The summed E-state index contributed by atoms with van der Waals surface area (Å²) in [5, 5.41) is 26.9. The van der Waals surface area contributed by atoms with E-state index >= 15 is 0 Å². The summed E-state index contributed by atoms with van der Waals surface area (Å²) >= 11 is 0. The predicted octanol–water partition coefficient (Wildman–Crippen LogP) is 2.36. The van der Waals surface area contributed by atoms with E-state index in [2.05, 4.69) is 20.5 Å². The van der Waals surface area contributed by atoms with Crippen LogP contribution in [-0.2, 0) is 13.0 Å². The van der Waals surface area contributed by atoms with Crippen molar-refractivity contribution < 1.29 is 9.34 Å². The van der Waals surface area contributed by atoms with Gasteiger partial charge in [0.1, 0.15) is 12.1 Å². The molecule has 0 N–H and O–H groups in total. The van der Waals surface area contributed by atoms with Crippen LogP contribution >= 0.6 is 0 Å². The van der Waals surface area contributed by atoms with Crippen LogP contribution in [0.3, 0.4) is 0 Å². The summed E-state index contributed by atoms with van der Waals surface area (Å²) in [5.74, 6) is 0.862. The quantitative estimate of drug-likeness (QED) is 0.406. The summed E-state index contributed by atoms with van der Waals surface area (Å²) in [5.41, 5.74) is 2.59. The maximum Gasteiger partial charge on any atom is 0.269 e. The Morgan fingerprint density at radius 3 is 2.56 bits per heavy atom. The van der Waals surface area contributed by atoms with Gasteiger partial charge in [-0.1, -0.05) is 29.5 Å². The molecule has 2 aromatic carbocycles. The number of para-hydroxylation sites is 1. The third kappa shape index (κ3) is 3.07. The standard InChI is InChI=1S/C16H12N6O3/c23-22(24)12-7-5-11(6-8-12)9-15-18-19-16(25-15)10-21-14-4-2-1-3-13(14)17-20-21/h1-8H,9-10H2. The molecule has 0 aliphatic rings. The highest BCUT2D eigenvalue weighted by atomic mass is 16.6. The maximum absolute atomic E-state index is 10.7. The second-order valence-electron chi connectivity index (χ2n) is 5.43. The molecule has 25 heavy (non-hydrogen) atoms. The molecule has 4 rings (SSSR count). The lowest BCUT2D eigenvalue weighted by Gasteiger charge is -1.98. The van der Waals surface area contributed by atoms with Crippen LogP contribution in [0.2, 0.25) is 0 Å². The van der Waals surface area contributed by atoms with Crippen molar-refractivity contribution in [2.45, 2.75) is 13.0 Å². The van der Waals surface area contributed by atoms with Gasteiger partial charge in [-0.3, -0.25) is 10.1 Å². The van der Waals surface area contributed by atoms with Crippen molar-refractivity contribution in [3.63, 3.8) is 0 Å². The molecule has 2 aromatic heterocycles. The van der Waals surface area contributed by atoms with Gasteiger partial charge >= 0.3 is 0 Å². The van der Waals surface area contributed by atoms with Gasteiger partial charge in [-0.15, -0.1) is 15.3 Å². The lowest BCUT2D eigenvalue weighted by molar-refractivity contribution is -0.384. The van der Waals surface area contributed by atoms with Gasteiger partial charge in [-0.2, -0.15) is 0 Å². The SMILES string of the molecule is O=[N+]([O-])c1ccc(Cc2nnc(Cn3nnc4ccccc43)o2)cc1. The monoisotopic (exact) mass is 336 g/mol. The van der Waals surface area contributed by atoms with Crippen molar-refractivity contribution >= 4 is 16.7 Å². The summed E-state index contributed by atoms with van der Waals surface area (Å²) in [7, 11) is 0. The number of nitro benzene ring substituents is 1. The summed E-state index contributed by atoms with van der Waals surface area (Å²) in [6, 6.07) is 13.9. The molecule has 0 amide bonds. The highest BCUT2D eigenvalue weighted by Gasteiger charge is 2.11. The fraction of sp³-hybridized carbons (Fsp3) is 0.125. The van der Waals surface area contributed by atoms with Gasteiger partial charge in [0, 0.05) is 12.1 Å². The minimum Gasteiger partial charge on any atom is -0.423 e. The molecule has 0 bridgehead atoms. The van der Waals surface area contributed by atoms with Crippen LogP contribution in [0.15, 0.2) is 52.9 Å². The molecule has 0 saturated heterocycles. The van der Waals surface area contributed by atoms with Crippen LogP contribution < -0.4 is 0 Å². The van der Waals surface area contributed by atoms with E-state index in [-0.39, 0.29) is 5.69 Å². The van der Waals surface area contributed by atoms with Crippen LogP contribution in [0.1, 0.15) is 17.3 Å². The molecule has 0 aliphatic heterocycles. The van der Waals surface area contributed by atoms with Crippen LogP contribution in [0, 0.1) is 10.1 Å². The fourth-order valence-electron chi connectivity index (χ4n) is 2.50. The Balaban J connectivity index is 1.49. The Hall–Kier alpha value is -3.62. The Kier molecular flexibility index (Phi) is 3.65. The summed E-state index contributed by atoms with van der Waals surface area (Å²) in [6.45, 7) is 0.327. The predicted molar refractivity (Wildman–Crippen MR) is 86.8 cm³/mol. The molecular weight excluding hydrogens is 324 g/mol.